The van der Waals surface area contributed by atoms with Crippen LogP contribution in [0.25, 0.3) is 0 Å². The monoisotopic (exact) mass is 2000 g/mol. The molecule has 1 aromatic carbocycles. The molecule has 0 bridgehead atoms. The minimum Gasteiger partial charge on any atom is -0.466 e. The lowest BCUT2D eigenvalue weighted by atomic mass is 10.1. The third-order valence-corrected chi connectivity index (χ3v) is 21.5. The number of phosphoric ester groups is 1. The summed E-state index contributed by atoms with van der Waals surface area (Å²) in [6.45, 7) is 33.6. The van der Waals surface area contributed by atoms with Crippen molar-refractivity contribution in [2.45, 2.75) is 124 Å². The summed E-state index contributed by atoms with van der Waals surface area (Å²) in [4.78, 5) is 191. The molecule has 138 heavy (non-hydrogen) atoms. The second-order valence-electron chi connectivity index (χ2n) is 31.8. The van der Waals surface area contributed by atoms with E-state index >= 15 is 0 Å². The number of benzene rings is 1. The molecule has 4 aliphatic heterocycles. The first kappa shape index (κ1) is 129. The standard InChI is InChI=1S/C16H19NO6.C14H24N2O4.C14H25O8P.C12H20N2O4.C12H19NO6.C12H19NO4S.C12H19NO4/c1-21-14(18)7-8-15(19)22-9-10-23-16(20)13(17)11-12-5-3-2-4-6-12;1-12(2)16-8-6-15(7-9-16)10-11-20-14(18)5-4-13(17)19-3;1-13(2,3)21-23(17,22-14(4,5)6)20-10-19-12(16)9-8-11(15)18-7;1-13-5-7-14(8-6-13)9-10-18-12(16)4-3-11(15)17-2;1-8(2)11(13)12(16)19-7-6-18-10(15)5-4-9(14)17-3;1-16-11(14)3-4-12(15)17-8-5-13-6-9-18(2)10-7-13;1-16-11(14)5-6-12(15)17-10-9-13-7-3-2-4-8-13/h2-8,13H,9-11,17H2,1H3;4-5,12H,6-11H2,1-3H3;8-9H,10H2,1-7H3;3-4H,5-10H2,1-2H3;4-5,8,11H,6-7,13H2,1-3H3;3-4H,2,5-10H2,1H3;5-6H,2-4,7-10H2,1H3/b8-7+;5-4+;9-8+;4-3+;5-4+;4-3+;6-5+/t;;;;11-;;/m....0../s1. The molecule has 44 nitrogen and oxygen atoms in total. The summed E-state index contributed by atoms with van der Waals surface area (Å²) in [6.07, 6.45) is 18.1. The number of phosphoric acid groups is 1. The van der Waals surface area contributed by atoms with Crippen LogP contribution in [0.5, 0.6) is 0 Å². The highest BCUT2D eigenvalue weighted by molar-refractivity contribution is 8.14. The Morgan fingerprint density at radius 3 is 0.949 bits per heavy atom. The molecule has 1 aromatic rings. The molecule has 0 aliphatic carbocycles. The lowest BCUT2D eigenvalue weighted by molar-refractivity contribution is -0.151. The average molecular weight is 2000 g/mol. The Bertz CT molecular complexity index is 4090. The maximum absolute atomic E-state index is 12.6. The van der Waals surface area contributed by atoms with Crippen molar-refractivity contribution in [2.75, 3.05) is 233 Å². The van der Waals surface area contributed by atoms with Crippen LogP contribution in [-0.4, -0.2) is 393 Å². The number of carbonyl (C=O) groups excluding carboxylic acids is 16. The molecule has 1 unspecified atom stereocenters. The molecule has 2 atom stereocenters. The normalized spacial score (nSPS) is 15.1. The Kier molecular flexibility index (Phi) is 71.8. The van der Waals surface area contributed by atoms with Gasteiger partial charge in [0.05, 0.1) is 61.0 Å². The van der Waals surface area contributed by atoms with Crippen molar-refractivity contribution in [2.24, 2.45) is 17.4 Å². The molecular formula is C92H145N8O36PS. The minimum absolute atomic E-state index is 0.0296. The van der Waals surface area contributed by atoms with E-state index in [9.17, 15) is 81.3 Å². The summed E-state index contributed by atoms with van der Waals surface area (Å²) < 4.78 is 102. The number of carbonyl (C=O) groups is 16. The number of nitrogens with two attached hydrogens (primary N) is 2. The van der Waals surface area contributed by atoms with Gasteiger partial charge in [0.15, 0.2) is 0 Å². The van der Waals surface area contributed by atoms with Crippen LogP contribution in [0.4, 0.5) is 0 Å². The lowest BCUT2D eigenvalue weighted by Gasteiger charge is -2.36. The van der Waals surface area contributed by atoms with Crippen molar-refractivity contribution in [3.8, 4) is 0 Å². The Hall–Kier alpha value is -11.1. The summed E-state index contributed by atoms with van der Waals surface area (Å²) in [7, 11) is 7.02. The van der Waals surface area contributed by atoms with Crippen LogP contribution in [0.1, 0.15) is 94.1 Å². The highest BCUT2D eigenvalue weighted by Crippen LogP contribution is 2.55. The van der Waals surface area contributed by atoms with Crippen LogP contribution in [-0.2, 0) is 177 Å². The van der Waals surface area contributed by atoms with Gasteiger partial charge in [0.1, 0.15) is 64.9 Å². The quantitative estimate of drug-likeness (QED) is 0.0178. The van der Waals surface area contributed by atoms with Crippen LogP contribution in [0.15, 0.2) is 115 Å². The highest BCUT2D eigenvalue weighted by Gasteiger charge is 2.38. The van der Waals surface area contributed by atoms with Crippen molar-refractivity contribution in [3.05, 3.63) is 121 Å². The number of likely N-dealkylation sites (N-methyl/N-ethyl adjacent to an activating group) is 1. The van der Waals surface area contributed by atoms with Gasteiger partial charge in [0.2, 0.25) is 6.79 Å². The predicted octanol–water partition coefficient (Wildman–Crippen LogP) is 3.94. The van der Waals surface area contributed by atoms with E-state index in [4.69, 9.17) is 58.2 Å². The summed E-state index contributed by atoms with van der Waals surface area (Å²) >= 11 is 0. The van der Waals surface area contributed by atoms with Gasteiger partial charge in [-0.25, -0.2) is 76.2 Å². The maximum atomic E-state index is 12.6. The second kappa shape index (κ2) is 76.8. The molecule has 4 aliphatic rings. The van der Waals surface area contributed by atoms with Crippen LogP contribution in [0, 0.1) is 5.92 Å². The largest absolute Gasteiger partial charge is 0.478 e. The number of rotatable bonds is 43. The van der Waals surface area contributed by atoms with Gasteiger partial charge in [0.25, 0.3) is 0 Å². The third kappa shape index (κ3) is 74.1. The van der Waals surface area contributed by atoms with Crippen LogP contribution < -0.4 is 11.5 Å². The SMILES string of the molecule is C=S1CCN(CCOC(=O)/C=C/C(=O)OC)CC1.COC(=O)/C=C/C(=O)OCCN1CCCCC1.COC(=O)/C=C/C(=O)OCCN1CCN(C(C)C)CC1.COC(=O)/C=C/C(=O)OCCN1CCN(C)CC1.COC(=O)/C=C/C(=O)OCCOC(=O)C(N)Cc1ccccc1.COC(=O)/C=C/C(=O)OCCOC(=O)[C@@H](N)C(C)C.COC(=O)/C=C/C(=O)OCOP(=O)(OC(C)(C)C)OC(C)(C)C. The van der Waals surface area contributed by atoms with E-state index in [1.807, 2.05) is 30.3 Å². The third-order valence-electron chi connectivity index (χ3n) is 18.0. The average Bonchev–Trinajstić information content (AvgIpc) is 0.834. The van der Waals surface area contributed by atoms with Gasteiger partial charge in [-0.1, -0.05) is 56.5 Å². The Labute approximate surface area is 811 Å². The zero-order chi connectivity index (χ0) is 104. The Morgan fingerprint density at radius 1 is 0.370 bits per heavy atom. The second-order valence-corrected chi connectivity index (χ2v) is 35.4. The number of piperazine rings is 2. The molecule has 0 aromatic heterocycles. The molecule has 4 fully saturated rings. The number of likely N-dealkylation sites (tertiary alicyclic amines) is 1. The van der Waals surface area contributed by atoms with Crippen molar-refractivity contribution in [3.63, 3.8) is 0 Å². The van der Waals surface area contributed by atoms with Crippen molar-refractivity contribution in [1.29, 1.82) is 0 Å². The molecule has 0 radical (unpaired) electrons. The fourth-order valence-corrected chi connectivity index (χ4v) is 13.4. The van der Waals surface area contributed by atoms with Crippen LogP contribution in [0.3, 0.4) is 0 Å². The molecule has 5 rings (SSSR count). The zero-order valence-electron chi connectivity index (χ0n) is 82.8. The Balaban J connectivity index is 0. The van der Waals surface area contributed by atoms with Gasteiger partial charge in [-0.2, -0.15) is 10.5 Å². The van der Waals surface area contributed by atoms with E-state index in [0.29, 0.717) is 49.4 Å². The molecule has 4 heterocycles. The number of ether oxygens (including phenoxy) is 16. The summed E-state index contributed by atoms with van der Waals surface area (Å²) in [5.41, 5.74) is 10.6. The minimum atomic E-state index is -3.96. The zero-order valence-corrected chi connectivity index (χ0v) is 84.5. The fraction of sp³-hybridized carbons (Fsp3) is 0.598. The van der Waals surface area contributed by atoms with Gasteiger partial charge >= 0.3 is 103 Å². The molecular weight excluding hydrogens is 1860 g/mol. The first-order chi connectivity index (χ1) is 65.1. The molecule has 0 saturated carbocycles. The number of methoxy groups -OCH3 is 7. The number of esters is 16. The van der Waals surface area contributed by atoms with E-state index in [2.05, 4.69) is 98.8 Å². The van der Waals surface area contributed by atoms with Gasteiger partial charge in [-0.15, -0.1) is 0 Å². The molecule has 0 spiro atoms. The summed E-state index contributed by atoms with van der Waals surface area (Å²) in [6, 6.07) is 8.41. The van der Waals surface area contributed by atoms with E-state index in [-0.39, 0.29) is 32.3 Å². The van der Waals surface area contributed by atoms with Gasteiger partial charge < -0.3 is 92.2 Å². The fourth-order valence-electron chi connectivity index (χ4n) is 10.5. The predicted molar refractivity (Wildman–Crippen MR) is 506 cm³/mol. The van der Waals surface area contributed by atoms with Crippen molar-refractivity contribution < 1.29 is 171 Å². The van der Waals surface area contributed by atoms with E-state index < -0.39 is 133 Å². The first-order valence-corrected chi connectivity index (χ1v) is 47.2. The molecule has 4 saturated heterocycles. The molecule has 780 valence electrons. The number of nitrogens with zero attached hydrogens (tertiary/aromatic N) is 6. The van der Waals surface area contributed by atoms with Crippen molar-refractivity contribution in [1.82, 2.24) is 29.4 Å². The smallest absolute Gasteiger partial charge is 0.466 e. The molecule has 46 heteroatoms. The number of piperidine rings is 1. The lowest BCUT2D eigenvalue weighted by Crippen LogP contribution is -2.49. The van der Waals surface area contributed by atoms with Gasteiger partial charge in [0, 0.05) is 194 Å². The van der Waals surface area contributed by atoms with Gasteiger partial charge in [-0.3, -0.25) is 43.1 Å². The van der Waals surface area contributed by atoms with Crippen LogP contribution in [0.2, 0.25) is 0 Å². The van der Waals surface area contributed by atoms with E-state index in [0.717, 1.165) is 207 Å². The molecule has 0 amide bonds. The number of hydrogen-bond donors (Lipinski definition) is 2. The first-order valence-electron chi connectivity index (χ1n) is 44.0. The Morgan fingerprint density at radius 2 is 0.645 bits per heavy atom. The van der Waals surface area contributed by atoms with E-state index in [1.165, 1.54) is 69.0 Å². The summed E-state index contributed by atoms with van der Waals surface area (Å²) in [5, 5.41) is 0. The van der Waals surface area contributed by atoms with E-state index in [1.54, 1.807) is 55.4 Å². The van der Waals surface area contributed by atoms with Crippen molar-refractivity contribution >= 4 is 120 Å². The topological polar surface area (TPSA) is 537 Å². The van der Waals surface area contributed by atoms with Gasteiger partial charge in [-0.05, 0) is 106 Å². The number of hydrogen-bond acceptors (Lipinski definition) is 44. The van der Waals surface area contributed by atoms with Crippen LogP contribution >= 0.6 is 18.3 Å². The maximum Gasteiger partial charge on any atom is 0.478 e. The highest BCUT2D eigenvalue weighted by atomic mass is 32.2. The summed E-state index contributed by atoms with van der Waals surface area (Å²) in [5.74, 6) is -3.53. The molecule has 4 N–H and O–H groups in total.